The van der Waals surface area contributed by atoms with E-state index in [9.17, 15) is 9.59 Å². The highest BCUT2D eigenvalue weighted by molar-refractivity contribution is 5.94. The average molecular weight is 250 g/mol. The van der Waals surface area contributed by atoms with E-state index in [1.54, 1.807) is 26.0 Å². The molecule has 0 aliphatic heterocycles. The summed E-state index contributed by atoms with van der Waals surface area (Å²) in [7, 11) is 0. The molecule has 0 unspecified atom stereocenters. The third kappa shape index (κ3) is 3.53. The van der Waals surface area contributed by atoms with Crippen molar-refractivity contribution in [3.05, 3.63) is 29.6 Å². The van der Waals surface area contributed by atoms with Gasteiger partial charge in [-0.1, -0.05) is 0 Å². The molecule has 0 aromatic carbocycles. The van der Waals surface area contributed by atoms with E-state index in [1.165, 1.54) is 6.20 Å². The maximum atomic E-state index is 11.9. The minimum atomic E-state index is -0.778. The fourth-order valence-electron chi connectivity index (χ4n) is 1.22. The predicted octanol–water partition coefficient (Wildman–Crippen LogP) is -0.218. The van der Waals surface area contributed by atoms with Gasteiger partial charge in [-0.25, -0.2) is 0 Å². The molecule has 1 rings (SSSR count). The third-order valence-electron chi connectivity index (χ3n) is 2.65. The van der Waals surface area contributed by atoms with Gasteiger partial charge in [0.2, 0.25) is 5.91 Å². The van der Waals surface area contributed by atoms with Gasteiger partial charge >= 0.3 is 0 Å². The summed E-state index contributed by atoms with van der Waals surface area (Å²) < 4.78 is 0. The third-order valence-corrected chi connectivity index (χ3v) is 2.65. The molecular weight excluding hydrogens is 232 g/mol. The summed E-state index contributed by atoms with van der Waals surface area (Å²) >= 11 is 0. The number of nitrogens with one attached hydrogen (secondary N) is 1. The number of nitrogens with two attached hydrogens (primary N) is 2. The Morgan fingerprint density at radius 1 is 1.44 bits per heavy atom. The highest BCUT2D eigenvalue weighted by atomic mass is 16.2. The molecule has 98 valence electrons. The SMILES string of the molecule is CC(C)(CNC(=O)c1ccnc(CN)c1)C(N)=O. The number of rotatable bonds is 5. The highest BCUT2D eigenvalue weighted by Crippen LogP contribution is 2.12. The van der Waals surface area contributed by atoms with Crippen molar-refractivity contribution in [1.82, 2.24) is 10.3 Å². The van der Waals surface area contributed by atoms with Crippen LogP contribution < -0.4 is 16.8 Å². The molecule has 1 aromatic rings. The Kier molecular flexibility index (Phi) is 4.38. The van der Waals surface area contributed by atoms with Crippen molar-refractivity contribution in [2.45, 2.75) is 20.4 Å². The number of carbonyl (C=O) groups is 2. The molecule has 0 spiro atoms. The van der Waals surface area contributed by atoms with E-state index < -0.39 is 11.3 Å². The quantitative estimate of drug-likeness (QED) is 0.670. The van der Waals surface area contributed by atoms with E-state index in [2.05, 4.69) is 10.3 Å². The molecule has 0 saturated carbocycles. The summed E-state index contributed by atoms with van der Waals surface area (Å²) in [5.41, 5.74) is 11.0. The van der Waals surface area contributed by atoms with Gasteiger partial charge in [-0.3, -0.25) is 14.6 Å². The van der Waals surface area contributed by atoms with Gasteiger partial charge in [0.15, 0.2) is 0 Å². The van der Waals surface area contributed by atoms with E-state index in [-0.39, 0.29) is 19.0 Å². The fraction of sp³-hybridized carbons (Fsp3) is 0.417. The van der Waals surface area contributed by atoms with Gasteiger partial charge in [-0.15, -0.1) is 0 Å². The Hall–Kier alpha value is -1.95. The number of aromatic nitrogens is 1. The zero-order valence-corrected chi connectivity index (χ0v) is 10.6. The second-order valence-corrected chi connectivity index (χ2v) is 4.67. The number of primary amides is 1. The molecular formula is C12H18N4O2. The molecule has 0 bridgehead atoms. The predicted molar refractivity (Wildman–Crippen MR) is 67.4 cm³/mol. The average Bonchev–Trinajstić information content (AvgIpc) is 2.36. The van der Waals surface area contributed by atoms with Crippen LogP contribution in [-0.4, -0.2) is 23.3 Å². The zero-order valence-electron chi connectivity index (χ0n) is 10.6. The van der Waals surface area contributed by atoms with E-state index in [4.69, 9.17) is 11.5 Å². The normalized spacial score (nSPS) is 11.1. The number of carbonyl (C=O) groups excluding carboxylic acids is 2. The Labute approximate surface area is 106 Å². The number of pyridine rings is 1. The van der Waals surface area contributed by atoms with Crippen LogP contribution in [0.3, 0.4) is 0 Å². The second kappa shape index (κ2) is 5.59. The number of nitrogens with zero attached hydrogens (tertiary/aromatic N) is 1. The van der Waals surface area contributed by atoms with E-state index >= 15 is 0 Å². The van der Waals surface area contributed by atoms with Crippen molar-refractivity contribution < 1.29 is 9.59 Å². The Bertz CT molecular complexity index is 457. The lowest BCUT2D eigenvalue weighted by atomic mass is 9.92. The molecule has 0 fully saturated rings. The van der Waals surface area contributed by atoms with Crippen molar-refractivity contribution in [3.8, 4) is 0 Å². The van der Waals surface area contributed by atoms with Crippen LogP contribution in [0.1, 0.15) is 29.9 Å². The Morgan fingerprint density at radius 3 is 2.67 bits per heavy atom. The van der Waals surface area contributed by atoms with Crippen LogP contribution in [0.4, 0.5) is 0 Å². The van der Waals surface area contributed by atoms with Gasteiger partial charge in [-0.2, -0.15) is 0 Å². The summed E-state index contributed by atoms with van der Waals surface area (Å²) in [5.74, 6) is -0.735. The second-order valence-electron chi connectivity index (χ2n) is 4.67. The van der Waals surface area contributed by atoms with Crippen LogP contribution in [0, 0.1) is 5.41 Å². The molecule has 1 aromatic heterocycles. The van der Waals surface area contributed by atoms with Crippen molar-refractivity contribution in [1.29, 1.82) is 0 Å². The molecule has 0 radical (unpaired) electrons. The van der Waals surface area contributed by atoms with Crippen LogP contribution in [0.15, 0.2) is 18.3 Å². The molecule has 0 aliphatic carbocycles. The molecule has 2 amide bonds. The maximum absolute atomic E-state index is 11.9. The van der Waals surface area contributed by atoms with Crippen LogP contribution in [-0.2, 0) is 11.3 Å². The van der Waals surface area contributed by atoms with E-state index in [0.29, 0.717) is 11.3 Å². The van der Waals surface area contributed by atoms with Crippen LogP contribution in [0.2, 0.25) is 0 Å². The standard InChI is InChI=1S/C12H18N4O2/c1-12(2,11(14)18)7-16-10(17)8-3-4-15-9(5-8)6-13/h3-5H,6-7,13H2,1-2H3,(H2,14,18)(H,16,17). The monoisotopic (exact) mass is 250 g/mol. The van der Waals surface area contributed by atoms with Crippen LogP contribution >= 0.6 is 0 Å². The summed E-state index contributed by atoms with van der Waals surface area (Å²) in [6, 6.07) is 3.21. The smallest absolute Gasteiger partial charge is 0.251 e. The lowest BCUT2D eigenvalue weighted by Crippen LogP contribution is -2.42. The molecule has 0 aliphatic rings. The molecule has 6 nitrogen and oxygen atoms in total. The van der Waals surface area contributed by atoms with Crippen molar-refractivity contribution in [2.24, 2.45) is 16.9 Å². The van der Waals surface area contributed by atoms with Gasteiger partial charge in [0, 0.05) is 24.8 Å². The highest BCUT2D eigenvalue weighted by Gasteiger charge is 2.25. The lowest BCUT2D eigenvalue weighted by molar-refractivity contribution is -0.125. The Balaban J connectivity index is 2.68. The van der Waals surface area contributed by atoms with Crippen molar-refractivity contribution in [3.63, 3.8) is 0 Å². The fourth-order valence-corrected chi connectivity index (χ4v) is 1.22. The lowest BCUT2D eigenvalue weighted by Gasteiger charge is -2.20. The first-order valence-corrected chi connectivity index (χ1v) is 5.60. The van der Waals surface area contributed by atoms with Gasteiger partial charge < -0.3 is 16.8 Å². The van der Waals surface area contributed by atoms with Crippen molar-refractivity contribution >= 4 is 11.8 Å². The molecule has 0 saturated heterocycles. The van der Waals surface area contributed by atoms with Gasteiger partial charge in [0.05, 0.1) is 11.1 Å². The summed E-state index contributed by atoms with van der Waals surface area (Å²) in [6.45, 7) is 3.80. The molecule has 0 atom stereocenters. The number of hydrogen-bond acceptors (Lipinski definition) is 4. The van der Waals surface area contributed by atoms with Gasteiger partial charge in [-0.05, 0) is 26.0 Å². The first-order chi connectivity index (χ1) is 8.36. The van der Waals surface area contributed by atoms with Crippen LogP contribution in [0.25, 0.3) is 0 Å². The Morgan fingerprint density at radius 2 is 2.11 bits per heavy atom. The minimum absolute atomic E-state index is 0.182. The van der Waals surface area contributed by atoms with E-state index in [0.717, 1.165) is 0 Å². The molecule has 1 heterocycles. The summed E-state index contributed by atoms with van der Waals surface area (Å²) in [5, 5.41) is 2.66. The zero-order chi connectivity index (χ0) is 13.8. The summed E-state index contributed by atoms with van der Waals surface area (Å²) in [6.07, 6.45) is 1.52. The maximum Gasteiger partial charge on any atom is 0.251 e. The molecule has 18 heavy (non-hydrogen) atoms. The van der Waals surface area contributed by atoms with Crippen molar-refractivity contribution in [2.75, 3.05) is 6.54 Å². The van der Waals surface area contributed by atoms with Gasteiger partial charge in [0.25, 0.3) is 5.91 Å². The molecule has 6 heteroatoms. The number of amides is 2. The van der Waals surface area contributed by atoms with Crippen LogP contribution in [0.5, 0.6) is 0 Å². The first-order valence-electron chi connectivity index (χ1n) is 5.60. The van der Waals surface area contributed by atoms with Gasteiger partial charge in [0.1, 0.15) is 0 Å². The molecule has 5 N–H and O–H groups in total. The summed E-state index contributed by atoms with van der Waals surface area (Å²) in [4.78, 5) is 27.0. The number of hydrogen-bond donors (Lipinski definition) is 3. The topological polar surface area (TPSA) is 111 Å². The van der Waals surface area contributed by atoms with E-state index in [1.807, 2.05) is 0 Å². The first kappa shape index (κ1) is 14.1. The largest absolute Gasteiger partial charge is 0.369 e. The minimum Gasteiger partial charge on any atom is -0.369 e.